The van der Waals surface area contributed by atoms with E-state index in [4.69, 9.17) is 16.3 Å². The number of aryl methyl sites for hydroxylation is 1. The van der Waals surface area contributed by atoms with E-state index in [1.54, 1.807) is 19.1 Å². The van der Waals surface area contributed by atoms with Crippen molar-refractivity contribution < 1.29 is 14.3 Å². The molecular formula is C22H27ClN2O3. The summed E-state index contributed by atoms with van der Waals surface area (Å²) in [7, 11) is 0. The van der Waals surface area contributed by atoms with E-state index in [9.17, 15) is 9.59 Å². The topological polar surface area (TPSA) is 58.6 Å². The monoisotopic (exact) mass is 402 g/mol. The highest BCUT2D eigenvalue weighted by Crippen LogP contribution is 2.17. The van der Waals surface area contributed by atoms with Crippen molar-refractivity contribution in [2.45, 2.75) is 39.8 Å². The summed E-state index contributed by atoms with van der Waals surface area (Å²) in [5.74, 6) is 0.225. The first-order chi connectivity index (χ1) is 13.4. The number of rotatable bonds is 9. The van der Waals surface area contributed by atoms with Crippen LogP contribution < -0.4 is 10.1 Å². The molecule has 2 aromatic rings. The van der Waals surface area contributed by atoms with Crippen molar-refractivity contribution in [3.8, 4) is 5.75 Å². The quantitative estimate of drug-likeness (QED) is 0.690. The van der Waals surface area contributed by atoms with Gasteiger partial charge in [0.1, 0.15) is 11.8 Å². The predicted octanol–water partition coefficient (Wildman–Crippen LogP) is 3.97. The summed E-state index contributed by atoms with van der Waals surface area (Å²) in [6, 6.07) is 14.1. The van der Waals surface area contributed by atoms with Crippen molar-refractivity contribution >= 4 is 23.4 Å². The van der Waals surface area contributed by atoms with E-state index >= 15 is 0 Å². The second-order valence-electron chi connectivity index (χ2n) is 6.67. The first-order valence-corrected chi connectivity index (χ1v) is 9.80. The maximum atomic E-state index is 12.9. The van der Waals surface area contributed by atoms with Gasteiger partial charge < -0.3 is 15.0 Å². The van der Waals surface area contributed by atoms with Crippen LogP contribution in [0.25, 0.3) is 0 Å². The number of ether oxygens (including phenoxy) is 1. The Hall–Kier alpha value is -2.53. The number of para-hydroxylation sites is 1. The fraction of sp³-hybridized carbons (Fsp3) is 0.364. The minimum Gasteiger partial charge on any atom is -0.484 e. The van der Waals surface area contributed by atoms with E-state index in [1.165, 1.54) is 4.90 Å². The Bertz CT molecular complexity index is 793. The van der Waals surface area contributed by atoms with Crippen molar-refractivity contribution in [2.24, 2.45) is 0 Å². The molecule has 0 fully saturated rings. The number of nitrogens with zero attached hydrogens (tertiary/aromatic N) is 1. The van der Waals surface area contributed by atoms with Gasteiger partial charge in [-0.15, -0.1) is 0 Å². The van der Waals surface area contributed by atoms with Crippen LogP contribution in [0.3, 0.4) is 0 Å². The van der Waals surface area contributed by atoms with Gasteiger partial charge >= 0.3 is 0 Å². The second-order valence-corrected chi connectivity index (χ2v) is 7.11. The van der Waals surface area contributed by atoms with Gasteiger partial charge in [-0.1, -0.05) is 48.9 Å². The molecule has 2 amide bonds. The van der Waals surface area contributed by atoms with Gasteiger partial charge in [0.2, 0.25) is 5.91 Å². The third-order valence-electron chi connectivity index (χ3n) is 4.43. The number of hydrogen-bond acceptors (Lipinski definition) is 3. The fourth-order valence-corrected chi connectivity index (χ4v) is 2.83. The van der Waals surface area contributed by atoms with Crippen molar-refractivity contribution in [3.05, 3.63) is 64.7 Å². The summed E-state index contributed by atoms with van der Waals surface area (Å²) in [4.78, 5) is 26.9. The first-order valence-electron chi connectivity index (χ1n) is 9.42. The lowest BCUT2D eigenvalue weighted by molar-refractivity contribution is -0.142. The molecule has 2 aromatic carbocycles. The Kier molecular flexibility index (Phi) is 8.33. The van der Waals surface area contributed by atoms with Crippen molar-refractivity contribution in [1.82, 2.24) is 10.2 Å². The highest BCUT2D eigenvalue weighted by molar-refractivity contribution is 6.30. The molecular weight excluding hydrogens is 376 g/mol. The summed E-state index contributed by atoms with van der Waals surface area (Å²) < 4.78 is 5.70. The standard InChI is InChI=1S/C22H27ClN2O3/c1-4-13-24-22(27)17(3)25(14-18-9-11-19(23)12-10-18)21(26)15-28-20-8-6-5-7-16(20)2/h5-12,17H,4,13-15H2,1-3H3,(H,24,27)/t17-/m1/s1. The number of nitrogens with one attached hydrogen (secondary N) is 1. The molecule has 28 heavy (non-hydrogen) atoms. The van der Waals surface area contributed by atoms with Crippen LogP contribution in [0, 0.1) is 6.92 Å². The van der Waals surface area contributed by atoms with Crippen LogP contribution in [0.2, 0.25) is 5.02 Å². The molecule has 1 N–H and O–H groups in total. The fourth-order valence-electron chi connectivity index (χ4n) is 2.71. The third-order valence-corrected chi connectivity index (χ3v) is 4.68. The zero-order valence-electron chi connectivity index (χ0n) is 16.6. The zero-order valence-corrected chi connectivity index (χ0v) is 17.3. The van der Waals surface area contributed by atoms with E-state index < -0.39 is 6.04 Å². The Morgan fingerprint density at radius 2 is 1.82 bits per heavy atom. The minimum atomic E-state index is -0.616. The molecule has 0 aromatic heterocycles. The van der Waals surface area contributed by atoms with E-state index in [0.717, 1.165) is 17.5 Å². The number of hydrogen-bond donors (Lipinski definition) is 1. The Labute approximate surface area is 171 Å². The van der Waals surface area contributed by atoms with E-state index in [1.807, 2.05) is 50.2 Å². The largest absolute Gasteiger partial charge is 0.484 e. The molecule has 5 nitrogen and oxygen atoms in total. The molecule has 0 saturated carbocycles. The molecule has 6 heteroatoms. The summed E-state index contributed by atoms with van der Waals surface area (Å²) in [6.45, 7) is 6.37. The molecule has 2 rings (SSSR count). The van der Waals surface area contributed by atoms with Gasteiger partial charge in [0.05, 0.1) is 0 Å². The molecule has 0 aliphatic rings. The summed E-state index contributed by atoms with van der Waals surface area (Å²) in [5, 5.41) is 3.47. The van der Waals surface area contributed by atoms with E-state index in [0.29, 0.717) is 23.9 Å². The molecule has 0 spiro atoms. The minimum absolute atomic E-state index is 0.135. The van der Waals surface area contributed by atoms with Gasteiger partial charge in [0, 0.05) is 18.1 Å². The molecule has 0 heterocycles. The van der Waals surface area contributed by atoms with Gasteiger partial charge in [0.25, 0.3) is 5.91 Å². The van der Waals surface area contributed by atoms with Crippen LogP contribution in [-0.2, 0) is 16.1 Å². The van der Waals surface area contributed by atoms with Gasteiger partial charge in [-0.2, -0.15) is 0 Å². The summed E-state index contributed by atoms with van der Waals surface area (Å²) >= 11 is 5.95. The maximum absolute atomic E-state index is 12.9. The lowest BCUT2D eigenvalue weighted by atomic mass is 10.1. The van der Waals surface area contributed by atoms with Gasteiger partial charge in [-0.3, -0.25) is 9.59 Å². The molecule has 0 aliphatic carbocycles. The molecule has 0 aliphatic heterocycles. The highest BCUT2D eigenvalue weighted by Gasteiger charge is 2.26. The Morgan fingerprint density at radius 3 is 2.46 bits per heavy atom. The van der Waals surface area contributed by atoms with Crippen LogP contribution >= 0.6 is 11.6 Å². The summed E-state index contributed by atoms with van der Waals surface area (Å²) in [5.41, 5.74) is 1.84. The molecule has 0 bridgehead atoms. The van der Waals surface area contributed by atoms with Crippen molar-refractivity contribution in [2.75, 3.05) is 13.2 Å². The number of amides is 2. The van der Waals surface area contributed by atoms with E-state index in [-0.39, 0.29) is 18.4 Å². The molecule has 0 saturated heterocycles. The van der Waals surface area contributed by atoms with Crippen molar-refractivity contribution in [1.29, 1.82) is 0 Å². The number of carbonyl (C=O) groups is 2. The average Bonchev–Trinajstić information content (AvgIpc) is 2.70. The normalized spacial score (nSPS) is 11.6. The van der Waals surface area contributed by atoms with Gasteiger partial charge in [0.15, 0.2) is 6.61 Å². The number of halogens is 1. The smallest absolute Gasteiger partial charge is 0.261 e. The van der Waals surface area contributed by atoms with Gasteiger partial charge in [-0.05, 0) is 49.6 Å². The van der Waals surface area contributed by atoms with Crippen LogP contribution in [0.4, 0.5) is 0 Å². The first kappa shape index (κ1) is 21.8. The number of carbonyl (C=O) groups excluding carboxylic acids is 2. The maximum Gasteiger partial charge on any atom is 0.261 e. The average molecular weight is 403 g/mol. The number of benzene rings is 2. The lowest BCUT2D eigenvalue weighted by Crippen LogP contribution is -2.49. The molecule has 150 valence electrons. The van der Waals surface area contributed by atoms with E-state index in [2.05, 4.69) is 5.32 Å². The van der Waals surface area contributed by atoms with Crippen LogP contribution in [0.15, 0.2) is 48.5 Å². The van der Waals surface area contributed by atoms with Crippen LogP contribution in [0.5, 0.6) is 5.75 Å². The molecule has 1 atom stereocenters. The van der Waals surface area contributed by atoms with Gasteiger partial charge in [-0.25, -0.2) is 0 Å². The van der Waals surface area contributed by atoms with Crippen LogP contribution in [-0.4, -0.2) is 35.9 Å². The lowest BCUT2D eigenvalue weighted by Gasteiger charge is -2.29. The third kappa shape index (κ3) is 6.27. The van der Waals surface area contributed by atoms with Crippen molar-refractivity contribution in [3.63, 3.8) is 0 Å². The SMILES string of the molecule is CCCNC(=O)[C@@H](C)N(Cc1ccc(Cl)cc1)C(=O)COc1ccccc1C. The second kappa shape index (κ2) is 10.7. The highest BCUT2D eigenvalue weighted by atomic mass is 35.5. The molecule has 0 unspecified atom stereocenters. The zero-order chi connectivity index (χ0) is 20.5. The Balaban J connectivity index is 2.13. The predicted molar refractivity (Wildman–Crippen MR) is 111 cm³/mol. The Morgan fingerprint density at radius 1 is 1.14 bits per heavy atom. The summed E-state index contributed by atoms with van der Waals surface area (Å²) in [6.07, 6.45) is 0.833. The molecule has 0 radical (unpaired) electrons. The van der Waals surface area contributed by atoms with Crippen LogP contribution in [0.1, 0.15) is 31.4 Å².